The van der Waals surface area contributed by atoms with Gasteiger partial charge in [-0.25, -0.2) is 5.43 Å². The smallest absolute Gasteiger partial charge is 0.0170 e. The molecule has 0 aliphatic heterocycles. The van der Waals surface area contributed by atoms with Gasteiger partial charge in [0.25, 0.3) is 0 Å². The number of rotatable bonds is 7. The zero-order chi connectivity index (χ0) is 8.53. The van der Waals surface area contributed by atoms with Gasteiger partial charge in [0.2, 0.25) is 0 Å². The predicted octanol–water partition coefficient (Wildman–Crippen LogP) is -3.11. The van der Waals surface area contributed by atoms with Gasteiger partial charge in [0.1, 0.15) is 0 Å². The molecule has 8 heteroatoms. The summed E-state index contributed by atoms with van der Waals surface area (Å²) in [5.74, 6) is 4.86. The number of hydrogen-bond donors (Lipinski definition) is 8. The average molecular weight is 164 g/mol. The largest absolute Gasteiger partial charge is 0.257 e. The Morgan fingerprint density at radius 2 is 1.45 bits per heavy atom. The molecule has 0 atom stereocenters. The topological polar surface area (TPSA) is 110 Å². The van der Waals surface area contributed by atoms with Crippen LogP contribution in [0.4, 0.5) is 0 Å². The Balaban J connectivity index is 2.80. The van der Waals surface area contributed by atoms with Crippen LogP contribution in [0.25, 0.3) is 0 Å². The Hall–Kier alpha value is -0.320. The zero-order valence-corrected chi connectivity index (χ0v) is 6.65. The number of nitrogens with one attached hydrogen (secondary N) is 7. The third kappa shape index (κ3) is 9.68. The van der Waals surface area contributed by atoms with Crippen LogP contribution in [0.2, 0.25) is 0 Å². The highest BCUT2D eigenvalue weighted by Crippen LogP contribution is 1.66. The lowest BCUT2D eigenvalue weighted by molar-refractivity contribution is 0.264. The summed E-state index contributed by atoms with van der Waals surface area (Å²) in [6.07, 6.45) is 0. The first kappa shape index (κ1) is 10.7. The number of nitrogens with two attached hydrogens (primary N) is 1. The van der Waals surface area contributed by atoms with E-state index in [1.54, 1.807) is 0 Å². The fourth-order valence-corrected chi connectivity index (χ4v) is 0.310. The van der Waals surface area contributed by atoms with Crippen LogP contribution < -0.4 is 44.5 Å². The summed E-state index contributed by atoms with van der Waals surface area (Å²) in [6, 6.07) is 0.352. The molecule has 0 aliphatic carbocycles. The molecule has 0 unspecified atom stereocenters. The van der Waals surface area contributed by atoms with Crippen molar-refractivity contribution in [3.05, 3.63) is 0 Å². The van der Waals surface area contributed by atoms with Crippen molar-refractivity contribution in [2.45, 2.75) is 19.9 Å². The summed E-state index contributed by atoms with van der Waals surface area (Å²) in [4.78, 5) is 0. The van der Waals surface area contributed by atoms with E-state index in [0.29, 0.717) is 6.04 Å². The third-order valence-electron chi connectivity index (χ3n) is 0.683. The Labute approximate surface area is 65.4 Å². The first-order valence-electron chi connectivity index (χ1n) is 3.23. The van der Waals surface area contributed by atoms with Crippen LogP contribution in [0.1, 0.15) is 13.8 Å². The third-order valence-corrected chi connectivity index (χ3v) is 0.683. The lowest BCUT2D eigenvalue weighted by Crippen LogP contribution is -2.62. The van der Waals surface area contributed by atoms with Crippen LogP contribution in [0.5, 0.6) is 0 Å². The van der Waals surface area contributed by atoms with E-state index in [1.807, 2.05) is 13.8 Å². The van der Waals surface area contributed by atoms with E-state index in [0.717, 1.165) is 0 Å². The SMILES string of the molecule is CC(C)NNNNNNNN. The zero-order valence-electron chi connectivity index (χ0n) is 6.65. The second-order valence-corrected chi connectivity index (χ2v) is 2.07. The van der Waals surface area contributed by atoms with Gasteiger partial charge < -0.3 is 0 Å². The molecule has 68 valence electrons. The minimum atomic E-state index is 0.352. The Morgan fingerprint density at radius 1 is 0.909 bits per heavy atom. The van der Waals surface area contributed by atoms with Crippen LogP contribution in [0.15, 0.2) is 0 Å². The number of hydrogen-bond acceptors (Lipinski definition) is 8. The molecule has 0 amide bonds. The Morgan fingerprint density at radius 3 is 2.00 bits per heavy atom. The molecule has 0 bridgehead atoms. The quantitative estimate of drug-likeness (QED) is 0.113. The monoisotopic (exact) mass is 164 g/mol. The number of hydrazine groups is 7. The van der Waals surface area contributed by atoms with Crippen molar-refractivity contribution in [1.82, 2.24) is 38.6 Å². The molecule has 0 aromatic rings. The molecule has 0 saturated carbocycles. The second kappa shape index (κ2) is 7.78. The Kier molecular flexibility index (Phi) is 7.56. The minimum absolute atomic E-state index is 0.352. The van der Waals surface area contributed by atoms with Gasteiger partial charge in [-0.1, -0.05) is 0 Å². The normalized spacial score (nSPS) is 10.9. The van der Waals surface area contributed by atoms with E-state index < -0.39 is 0 Å². The molecular weight excluding hydrogens is 148 g/mol. The fourth-order valence-electron chi connectivity index (χ4n) is 0.310. The lowest BCUT2D eigenvalue weighted by Gasteiger charge is -2.12. The van der Waals surface area contributed by atoms with Crippen molar-refractivity contribution in [1.29, 1.82) is 0 Å². The summed E-state index contributed by atoms with van der Waals surface area (Å²) >= 11 is 0. The van der Waals surface area contributed by atoms with Crippen LogP contribution in [-0.2, 0) is 0 Å². The van der Waals surface area contributed by atoms with Crippen molar-refractivity contribution in [3.63, 3.8) is 0 Å². The molecule has 0 rings (SSSR count). The van der Waals surface area contributed by atoms with Gasteiger partial charge in [0, 0.05) is 6.04 Å². The van der Waals surface area contributed by atoms with Gasteiger partial charge in [-0.15, -0.1) is 0 Å². The molecule has 0 aliphatic rings. The van der Waals surface area contributed by atoms with Gasteiger partial charge in [0.15, 0.2) is 0 Å². The summed E-state index contributed by atoms with van der Waals surface area (Å²) in [5, 5.41) is 0. The van der Waals surface area contributed by atoms with E-state index in [-0.39, 0.29) is 0 Å². The van der Waals surface area contributed by atoms with E-state index in [9.17, 15) is 0 Å². The van der Waals surface area contributed by atoms with Crippen molar-refractivity contribution in [3.8, 4) is 0 Å². The first-order chi connectivity index (χ1) is 5.27. The maximum Gasteiger partial charge on any atom is 0.0170 e. The first-order valence-corrected chi connectivity index (χ1v) is 3.23. The molecule has 11 heavy (non-hydrogen) atoms. The molecule has 9 N–H and O–H groups in total. The highest BCUT2D eigenvalue weighted by molar-refractivity contribution is 4.41. The maximum absolute atomic E-state index is 4.86. The molecule has 0 heterocycles. The molecule has 0 aromatic carbocycles. The summed E-state index contributed by atoms with van der Waals surface area (Å²) < 4.78 is 0. The van der Waals surface area contributed by atoms with Crippen LogP contribution in [-0.4, -0.2) is 6.04 Å². The van der Waals surface area contributed by atoms with E-state index in [4.69, 9.17) is 5.84 Å². The van der Waals surface area contributed by atoms with Gasteiger partial charge in [-0.05, 0) is 13.8 Å². The summed E-state index contributed by atoms with van der Waals surface area (Å²) in [5.41, 5.74) is 17.6. The van der Waals surface area contributed by atoms with Crippen molar-refractivity contribution >= 4 is 0 Å². The lowest BCUT2D eigenvalue weighted by atomic mass is 10.4. The van der Waals surface area contributed by atoms with Crippen LogP contribution in [0.3, 0.4) is 0 Å². The maximum atomic E-state index is 4.86. The molecule has 0 fully saturated rings. The Bertz CT molecular complexity index is 73.7. The van der Waals surface area contributed by atoms with E-state index >= 15 is 0 Å². The minimum Gasteiger partial charge on any atom is -0.257 e. The van der Waals surface area contributed by atoms with E-state index in [1.165, 1.54) is 0 Å². The molecule has 0 radical (unpaired) electrons. The summed E-state index contributed by atoms with van der Waals surface area (Å²) in [6.45, 7) is 4.00. The van der Waals surface area contributed by atoms with Crippen molar-refractivity contribution in [2.24, 2.45) is 5.84 Å². The highest BCUT2D eigenvalue weighted by atomic mass is 15.9. The second-order valence-electron chi connectivity index (χ2n) is 2.07. The van der Waals surface area contributed by atoms with E-state index in [2.05, 4.69) is 38.6 Å². The molecular formula is C3H16N8. The molecule has 0 aromatic heterocycles. The molecule has 0 spiro atoms. The summed E-state index contributed by atoms with van der Waals surface area (Å²) in [7, 11) is 0. The average Bonchev–Trinajstić information content (AvgIpc) is 1.96. The standard InChI is InChI=1S/C3H16N8/c1-3(2)5-7-9-11-10-8-6-4/h3,5-11H,4H2,1-2H3. The van der Waals surface area contributed by atoms with Crippen molar-refractivity contribution < 1.29 is 0 Å². The van der Waals surface area contributed by atoms with Gasteiger partial charge in [0.05, 0.1) is 0 Å². The van der Waals surface area contributed by atoms with Gasteiger partial charge >= 0.3 is 0 Å². The van der Waals surface area contributed by atoms with Crippen molar-refractivity contribution in [2.75, 3.05) is 0 Å². The predicted molar refractivity (Wildman–Crippen MR) is 41.3 cm³/mol. The van der Waals surface area contributed by atoms with Gasteiger partial charge in [-0.2, -0.15) is 33.2 Å². The van der Waals surface area contributed by atoms with Crippen LogP contribution in [0, 0.1) is 0 Å². The fraction of sp³-hybridized carbons (Fsp3) is 1.00. The highest BCUT2D eigenvalue weighted by Gasteiger charge is 1.86. The molecule has 0 saturated heterocycles. The van der Waals surface area contributed by atoms with Gasteiger partial charge in [-0.3, -0.25) is 5.84 Å². The van der Waals surface area contributed by atoms with Crippen LogP contribution >= 0.6 is 0 Å². The molecule has 8 nitrogen and oxygen atoms in total.